The average Bonchev–Trinajstić information content (AvgIpc) is 2.77. The lowest BCUT2D eigenvalue weighted by atomic mass is 10.2. The number of hydrogen-bond donors (Lipinski definition) is 2. The highest BCUT2D eigenvalue weighted by Crippen LogP contribution is 2.17. The molecule has 2 atom stereocenters. The summed E-state index contributed by atoms with van der Waals surface area (Å²) in [6.07, 6.45) is -1.05. The minimum Gasteiger partial charge on any atom is -0.390 e. The summed E-state index contributed by atoms with van der Waals surface area (Å²) in [6.45, 7) is -0.0222. The van der Waals surface area contributed by atoms with Gasteiger partial charge in [-0.15, -0.1) is 0 Å². The van der Waals surface area contributed by atoms with Crippen LogP contribution in [0.2, 0.25) is 0 Å². The van der Waals surface area contributed by atoms with Gasteiger partial charge in [0.15, 0.2) is 9.84 Å². The van der Waals surface area contributed by atoms with Crippen LogP contribution in [0.3, 0.4) is 0 Å². The predicted octanol–water partition coefficient (Wildman–Crippen LogP) is -0.414. The number of carbonyl (C=O) groups excluding carboxylic acids is 1. The lowest BCUT2D eigenvalue weighted by Gasteiger charge is -2.26. The molecule has 7 nitrogen and oxygen atoms in total. The minimum atomic E-state index is -3.29. The van der Waals surface area contributed by atoms with E-state index in [9.17, 15) is 18.3 Å². The largest absolute Gasteiger partial charge is 0.390 e. The number of hydrogen-bond acceptors (Lipinski definition) is 6. The quantitative estimate of drug-likeness (QED) is 0.779. The molecule has 2 N–H and O–H groups in total. The van der Waals surface area contributed by atoms with Crippen molar-refractivity contribution in [2.75, 3.05) is 30.4 Å². The van der Waals surface area contributed by atoms with E-state index in [0.717, 1.165) is 0 Å². The highest BCUT2D eigenvalue weighted by atomic mass is 32.2. The molecule has 1 heterocycles. The molecule has 0 aromatic heterocycles. The number of benzene rings is 1. The van der Waals surface area contributed by atoms with Gasteiger partial charge in [0, 0.05) is 12.7 Å². The molecule has 2 rings (SSSR count). The van der Waals surface area contributed by atoms with Gasteiger partial charge in [-0.25, -0.2) is 8.42 Å². The number of nitrogens with zero attached hydrogens (tertiary/aromatic N) is 2. The second-order valence-corrected chi connectivity index (χ2v) is 7.41. The van der Waals surface area contributed by atoms with E-state index in [0.29, 0.717) is 11.3 Å². The van der Waals surface area contributed by atoms with Gasteiger partial charge in [0.25, 0.3) is 0 Å². The van der Waals surface area contributed by atoms with Crippen molar-refractivity contribution in [3.63, 3.8) is 0 Å². The van der Waals surface area contributed by atoms with Gasteiger partial charge >= 0.3 is 0 Å². The summed E-state index contributed by atoms with van der Waals surface area (Å²) in [4.78, 5) is 13.4. The van der Waals surface area contributed by atoms with Gasteiger partial charge in [-0.3, -0.25) is 4.79 Å². The van der Waals surface area contributed by atoms with Crippen molar-refractivity contribution in [2.45, 2.75) is 12.1 Å². The number of carbonyl (C=O) groups is 1. The van der Waals surface area contributed by atoms with E-state index in [1.165, 1.54) is 11.9 Å². The van der Waals surface area contributed by atoms with Crippen molar-refractivity contribution in [1.29, 1.82) is 5.26 Å². The number of sulfone groups is 1. The first-order valence-electron chi connectivity index (χ1n) is 6.70. The molecule has 8 heteroatoms. The fraction of sp³-hybridized carbons (Fsp3) is 0.429. The van der Waals surface area contributed by atoms with E-state index >= 15 is 0 Å². The molecular formula is C14H17N3O4S. The SMILES string of the molecule is CN(C(=O)CNc1ccc(C#N)cc1)[C@@H]1CS(=O)(=O)C[C@H]1O. The van der Waals surface area contributed by atoms with E-state index in [2.05, 4.69) is 5.32 Å². The highest BCUT2D eigenvalue weighted by Gasteiger charge is 2.40. The summed E-state index contributed by atoms with van der Waals surface area (Å²) in [5.74, 6) is -0.837. The number of aliphatic hydroxyl groups excluding tert-OH is 1. The first-order valence-corrected chi connectivity index (χ1v) is 8.53. The number of likely N-dealkylation sites (N-methyl/N-ethyl adjacent to an activating group) is 1. The monoisotopic (exact) mass is 323 g/mol. The van der Waals surface area contributed by atoms with Gasteiger partial charge in [-0.2, -0.15) is 5.26 Å². The number of nitriles is 1. The molecule has 0 saturated carbocycles. The molecule has 0 radical (unpaired) electrons. The Labute approximate surface area is 129 Å². The Morgan fingerprint density at radius 3 is 2.55 bits per heavy atom. The van der Waals surface area contributed by atoms with Crippen LogP contribution in [-0.2, 0) is 14.6 Å². The summed E-state index contributed by atoms with van der Waals surface area (Å²) in [5, 5.41) is 21.4. The van der Waals surface area contributed by atoms with Crippen molar-refractivity contribution < 1.29 is 18.3 Å². The first-order chi connectivity index (χ1) is 10.3. The van der Waals surface area contributed by atoms with Crippen molar-refractivity contribution in [1.82, 2.24) is 4.90 Å². The maximum atomic E-state index is 12.1. The van der Waals surface area contributed by atoms with E-state index in [1.54, 1.807) is 24.3 Å². The molecule has 1 amide bonds. The predicted molar refractivity (Wildman–Crippen MR) is 80.9 cm³/mol. The maximum Gasteiger partial charge on any atom is 0.241 e. The average molecular weight is 323 g/mol. The smallest absolute Gasteiger partial charge is 0.241 e. The molecule has 0 bridgehead atoms. The molecule has 0 aliphatic carbocycles. The van der Waals surface area contributed by atoms with Crippen molar-refractivity contribution >= 4 is 21.4 Å². The molecule has 1 aromatic carbocycles. The van der Waals surface area contributed by atoms with Gasteiger partial charge in [-0.05, 0) is 24.3 Å². The zero-order valence-corrected chi connectivity index (χ0v) is 12.9. The summed E-state index contributed by atoms with van der Waals surface area (Å²) >= 11 is 0. The number of anilines is 1. The number of amides is 1. The van der Waals surface area contributed by atoms with Crippen LogP contribution in [0.1, 0.15) is 5.56 Å². The second-order valence-electron chi connectivity index (χ2n) is 5.26. The topological polar surface area (TPSA) is 111 Å². The lowest BCUT2D eigenvalue weighted by Crippen LogP contribution is -2.46. The molecule has 0 spiro atoms. The van der Waals surface area contributed by atoms with Gasteiger partial charge in [0.1, 0.15) is 0 Å². The molecule has 1 aliphatic heterocycles. The lowest BCUT2D eigenvalue weighted by molar-refractivity contribution is -0.131. The van der Waals surface area contributed by atoms with E-state index in [-0.39, 0.29) is 24.0 Å². The van der Waals surface area contributed by atoms with Crippen LogP contribution in [0.15, 0.2) is 24.3 Å². The third-order valence-corrected chi connectivity index (χ3v) is 5.34. The molecule has 118 valence electrons. The van der Waals surface area contributed by atoms with E-state index < -0.39 is 22.0 Å². The van der Waals surface area contributed by atoms with E-state index in [4.69, 9.17) is 5.26 Å². The van der Waals surface area contributed by atoms with Crippen LogP contribution in [-0.4, -0.2) is 61.6 Å². The standard InChI is InChI=1S/C14H17N3O4S/c1-17(12-8-22(20,21)9-13(12)18)14(19)7-16-11-4-2-10(6-15)3-5-11/h2-5,12-13,16,18H,7-9H2,1H3/t12-,13-/m1/s1. The Balaban J connectivity index is 1.93. The van der Waals surface area contributed by atoms with Crippen LogP contribution >= 0.6 is 0 Å². The van der Waals surface area contributed by atoms with Gasteiger partial charge < -0.3 is 15.3 Å². The summed E-state index contributed by atoms with van der Waals surface area (Å²) in [6, 6.07) is 7.91. The summed E-state index contributed by atoms with van der Waals surface area (Å²) in [7, 11) is -1.81. The molecule has 0 unspecified atom stereocenters. The summed E-state index contributed by atoms with van der Waals surface area (Å²) in [5.41, 5.74) is 1.20. The Bertz CT molecular complexity index is 694. The van der Waals surface area contributed by atoms with Gasteiger partial charge in [0.2, 0.25) is 5.91 Å². The molecule has 1 aromatic rings. The van der Waals surface area contributed by atoms with Crippen molar-refractivity contribution in [3.05, 3.63) is 29.8 Å². The number of nitrogens with one attached hydrogen (secondary N) is 1. The minimum absolute atomic E-state index is 0.0222. The number of rotatable bonds is 4. The molecule has 22 heavy (non-hydrogen) atoms. The van der Waals surface area contributed by atoms with Crippen molar-refractivity contribution in [3.8, 4) is 6.07 Å². The normalized spacial score (nSPS) is 22.8. The zero-order chi connectivity index (χ0) is 16.3. The Kier molecular flexibility index (Phi) is 4.68. The Hall–Kier alpha value is -2.11. The Morgan fingerprint density at radius 2 is 2.05 bits per heavy atom. The molecule has 1 aliphatic rings. The van der Waals surface area contributed by atoms with Crippen LogP contribution in [0.25, 0.3) is 0 Å². The maximum absolute atomic E-state index is 12.1. The fourth-order valence-electron chi connectivity index (χ4n) is 2.33. The number of aliphatic hydroxyl groups is 1. The van der Waals surface area contributed by atoms with Crippen LogP contribution in [0.4, 0.5) is 5.69 Å². The second kappa shape index (κ2) is 6.34. The highest BCUT2D eigenvalue weighted by molar-refractivity contribution is 7.91. The van der Waals surface area contributed by atoms with E-state index in [1.807, 2.05) is 6.07 Å². The van der Waals surface area contributed by atoms with Crippen molar-refractivity contribution in [2.24, 2.45) is 0 Å². The fourth-order valence-corrected chi connectivity index (χ4v) is 4.18. The van der Waals surface area contributed by atoms with Gasteiger partial charge in [-0.1, -0.05) is 0 Å². The third-order valence-electron chi connectivity index (χ3n) is 3.64. The van der Waals surface area contributed by atoms with Crippen LogP contribution in [0.5, 0.6) is 0 Å². The van der Waals surface area contributed by atoms with Crippen LogP contribution in [0, 0.1) is 11.3 Å². The first kappa shape index (κ1) is 16.3. The third kappa shape index (κ3) is 3.75. The zero-order valence-electron chi connectivity index (χ0n) is 12.1. The summed E-state index contributed by atoms with van der Waals surface area (Å²) < 4.78 is 23.0. The Morgan fingerprint density at radius 1 is 1.41 bits per heavy atom. The molecule has 1 fully saturated rings. The van der Waals surface area contributed by atoms with Gasteiger partial charge in [0.05, 0.1) is 41.8 Å². The molecular weight excluding hydrogens is 306 g/mol. The van der Waals surface area contributed by atoms with Crippen LogP contribution < -0.4 is 5.32 Å². The molecule has 1 saturated heterocycles.